The van der Waals surface area contributed by atoms with Crippen molar-refractivity contribution in [3.8, 4) is 11.5 Å². The summed E-state index contributed by atoms with van der Waals surface area (Å²) in [4.78, 5) is 25.1. The number of aliphatic hydroxyl groups excluding tert-OH is 1. The van der Waals surface area contributed by atoms with Crippen molar-refractivity contribution in [2.45, 2.75) is 25.6 Å². The molecule has 1 aliphatic rings. The number of ether oxygens (including phenoxy) is 2. The fourth-order valence-electron chi connectivity index (χ4n) is 5.31. The van der Waals surface area contributed by atoms with Gasteiger partial charge in [0.1, 0.15) is 19.3 Å². The molecule has 8 nitrogen and oxygen atoms in total. The van der Waals surface area contributed by atoms with Gasteiger partial charge in [-0.15, -0.1) is 0 Å². The van der Waals surface area contributed by atoms with Crippen LogP contribution in [0.1, 0.15) is 35.7 Å². The summed E-state index contributed by atoms with van der Waals surface area (Å²) in [6.45, 7) is 9.82. The molecule has 2 radical (unpaired) electrons. The van der Waals surface area contributed by atoms with E-state index in [1.54, 1.807) is 7.11 Å². The number of amides is 2. The molecule has 0 aliphatic carbocycles. The van der Waals surface area contributed by atoms with Gasteiger partial charge < -0.3 is 24.4 Å². The lowest BCUT2D eigenvalue weighted by atomic mass is 9.88. The Bertz CT molecular complexity index is 1320. The standard InChI is InChI=1S/C32H38BBrN4O4/c1-4-42-29-21-28(41-3)14-9-25(29)22-38(32(40)37-17-15-36(16-18-37)19-20-39)31(24-5-10-26(33)11-6-24)30(35-2)23-7-12-27(34)13-8-23/h5-14,21,30-31,39H,2,4,15-20,22H2,1,3H3. The maximum Gasteiger partial charge on any atom is 0.321 e. The number of aliphatic hydroxyl groups is 1. The molecule has 220 valence electrons. The van der Waals surface area contributed by atoms with Gasteiger partial charge in [0.15, 0.2) is 0 Å². The van der Waals surface area contributed by atoms with E-state index in [9.17, 15) is 9.90 Å². The zero-order valence-corrected chi connectivity index (χ0v) is 25.9. The Kier molecular flexibility index (Phi) is 11.5. The molecule has 1 aliphatic heterocycles. The van der Waals surface area contributed by atoms with Gasteiger partial charge in [0.2, 0.25) is 0 Å². The van der Waals surface area contributed by atoms with Crippen LogP contribution in [0.5, 0.6) is 11.5 Å². The monoisotopic (exact) mass is 632 g/mol. The number of halogens is 1. The summed E-state index contributed by atoms with van der Waals surface area (Å²) in [5.41, 5.74) is 3.31. The van der Waals surface area contributed by atoms with Crippen LogP contribution in [0.3, 0.4) is 0 Å². The summed E-state index contributed by atoms with van der Waals surface area (Å²) >= 11 is 3.53. The molecule has 2 unspecified atom stereocenters. The molecule has 42 heavy (non-hydrogen) atoms. The van der Waals surface area contributed by atoms with E-state index >= 15 is 0 Å². The van der Waals surface area contributed by atoms with Crippen molar-refractivity contribution in [2.24, 2.45) is 4.99 Å². The molecule has 1 saturated heterocycles. The number of piperazine rings is 1. The van der Waals surface area contributed by atoms with Crippen LogP contribution in [-0.2, 0) is 6.54 Å². The van der Waals surface area contributed by atoms with E-state index in [1.807, 2.05) is 83.5 Å². The lowest BCUT2D eigenvalue weighted by molar-refractivity contribution is 0.0856. The zero-order valence-electron chi connectivity index (χ0n) is 24.3. The van der Waals surface area contributed by atoms with Crippen LogP contribution >= 0.6 is 15.9 Å². The highest BCUT2D eigenvalue weighted by Crippen LogP contribution is 2.40. The van der Waals surface area contributed by atoms with Gasteiger partial charge in [0.25, 0.3) is 0 Å². The van der Waals surface area contributed by atoms with E-state index in [0.29, 0.717) is 56.3 Å². The van der Waals surface area contributed by atoms with Gasteiger partial charge in [0.05, 0.1) is 39.0 Å². The smallest absolute Gasteiger partial charge is 0.321 e. The van der Waals surface area contributed by atoms with Crippen molar-refractivity contribution in [1.82, 2.24) is 14.7 Å². The van der Waals surface area contributed by atoms with Gasteiger partial charge in [-0.2, -0.15) is 0 Å². The average Bonchev–Trinajstić information content (AvgIpc) is 3.01. The van der Waals surface area contributed by atoms with E-state index in [4.69, 9.17) is 17.3 Å². The first-order valence-electron chi connectivity index (χ1n) is 14.1. The minimum atomic E-state index is -0.496. The molecule has 2 atom stereocenters. The van der Waals surface area contributed by atoms with Gasteiger partial charge in [-0.05, 0) is 49.0 Å². The summed E-state index contributed by atoms with van der Waals surface area (Å²) in [5.74, 6) is 1.33. The van der Waals surface area contributed by atoms with Gasteiger partial charge in [0, 0.05) is 48.8 Å². The van der Waals surface area contributed by atoms with E-state index in [-0.39, 0.29) is 19.2 Å². The molecular weight excluding hydrogens is 595 g/mol. The second-order valence-electron chi connectivity index (χ2n) is 10.2. The summed E-state index contributed by atoms with van der Waals surface area (Å²) in [5, 5.41) is 9.41. The molecular formula is C32H38BBrN4O4. The predicted molar refractivity (Wildman–Crippen MR) is 171 cm³/mol. The first-order chi connectivity index (χ1) is 20.4. The molecule has 10 heteroatoms. The lowest BCUT2D eigenvalue weighted by Gasteiger charge is -2.42. The Balaban J connectivity index is 1.82. The molecule has 0 bridgehead atoms. The minimum absolute atomic E-state index is 0.0941. The van der Waals surface area contributed by atoms with E-state index in [0.717, 1.165) is 21.2 Å². The molecule has 3 aromatic carbocycles. The fraction of sp³-hybridized carbons (Fsp3) is 0.375. The van der Waals surface area contributed by atoms with Crippen molar-refractivity contribution >= 4 is 42.0 Å². The number of carbonyl (C=O) groups is 1. The molecule has 2 amide bonds. The number of aliphatic imine (C=N–C) groups is 1. The predicted octanol–water partition coefficient (Wildman–Crippen LogP) is 4.37. The minimum Gasteiger partial charge on any atom is -0.497 e. The van der Waals surface area contributed by atoms with Crippen LogP contribution in [0.4, 0.5) is 4.79 Å². The number of β-amino-alcohol motifs (C(OH)–C–C–N with tert-alkyl or cyclic N) is 1. The summed E-state index contributed by atoms with van der Waals surface area (Å²) in [7, 11) is 7.69. The number of nitrogens with zero attached hydrogens (tertiary/aromatic N) is 4. The highest BCUT2D eigenvalue weighted by molar-refractivity contribution is 9.10. The number of hydrogen-bond donors (Lipinski definition) is 1. The molecule has 3 aromatic rings. The van der Waals surface area contributed by atoms with Crippen LogP contribution in [0.15, 0.2) is 76.2 Å². The third-order valence-electron chi connectivity index (χ3n) is 7.54. The Morgan fingerprint density at radius 2 is 1.74 bits per heavy atom. The average molecular weight is 633 g/mol. The third-order valence-corrected chi connectivity index (χ3v) is 8.07. The largest absolute Gasteiger partial charge is 0.497 e. The second-order valence-corrected chi connectivity index (χ2v) is 11.1. The molecule has 0 saturated carbocycles. The SMILES string of the molecule is [B]c1ccc(C(C(N=C)c2ccc(Br)cc2)N(Cc2ccc(OC)cc2OCC)C(=O)N2CCN(CCO)CC2)cc1. The number of hydrogen-bond acceptors (Lipinski definition) is 6. The number of carbonyl (C=O) groups excluding carboxylic acids is 1. The first kappa shape index (κ1) is 31.6. The Labute approximate surface area is 258 Å². The van der Waals surface area contributed by atoms with E-state index in [2.05, 4.69) is 32.5 Å². The number of methoxy groups -OCH3 is 1. The number of rotatable bonds is 12. The van der Waals surface area contributed by atoms with Crippen LogP contribution in [0.25, 0.3) is 0 Å². The number of benzene rings is 3. The van der Waals surface area contributed by atoms with Crippen LogP contribution in [0.2, 0.25) is 0 Å². The van der Waals surface area contributed by atoms with Gasteiger partial charge in [-0.3, -0.25) is 9.89 Å². The summed E-state index contributed by atoms with van der Waals surface area (Å²) < 4.78 is 12.4. The van der Waals surface area contributed by atoms with Gasteiger partial charge >= 0.3 is 6.03 Å². The van der Waals surface area contributed by atoms with Gasteiger partial charge in [-0.1, -0.05) is 57.8 Å². The lowest BCUT2D eigenvalue weighted by Crippen LogP contribution is -2.54. The maximum absolute atomic E-state index is 14.6. The normalized spacial score (nSPS) is 15.1. The Hall–Kier alpha value is -3.34. The van der Waals surface area contributed by atoms with Crippen molar-refractivity contribution in [2.75, 3.05) is 53.0 Å². The summed E-state index contributed by atoms with van der Waals surface area (Å²) in [6, 6.07) is 20.2. The molecule has 0 spiro atoms. The zero-order chi connectivity index (χ0) is 30.1. The highest BCUT2D eigenvalue weighted by atomic mass is 79.9. The molecule has 1 heterocycles. The van der Waals surface area contributed by atoms with Crippen molar-refractivity contribution in [1.29, 1.82) is 0 Å². The fourth-order valence-corrected chi connectivity index (χ4v) is 5.57. The van der Waals surface area contributed by atoms with Crippen molar-refractivity contribution < 1.29 is 19.4 Å². The van der Waals surface area contributed by atoms with Crippen LogP contribution < -0.4 is 14.9 Å². The molecule has 4 rings (SSSR count). The molecule has 1 N–H and O–H groups in total. The highest BCUT2D eigenvalue weighted by Gasteiger charge is 2.36. The first-order valence-corrected chi connectivity index (χ1v) is 14.9. The van der Waals surface area contributed by atoms with Crippen LogP contribution in [0, 0.1) is 0 Å². The quantitative estimate of drug-likeness (QED) is 0.237. The molecule has 0 aromatic heterocycles. The van der Waals surface area contributed by atoms with Crippen molar-refractivity contribution in [3.63, 3.8) is 0 Å². The maximum atomic E-state index is 14.6. The Morgan fingerprint density at radius 1 is 1.07 bits per heavy atom. The second kappa shape index (κ2) is 15.2. The van der Waals surface area contributed by atoms with E-state index in [1.165, 1.54) is 0 Å². The number of urea groups is 1. The van der Waals surface area contributed by atoms with Crippen molar-refractivity contribution in [3.05, 3.63) is 87.9 Å². The summed E-state index contributed by atoms with van der Waals surface area (Å²) in [6.07, 6.45) is 0. The third kappa shape index (κ3) is 7.73. The molecule has 1 fully saturated rings. The Morgan fingerprint density at radius 3 is 2.33 bits per heavy atom. The van der Waals surface area contributed by atoms with Gasteiger partial charge in [-0.25, -0.2) is 4.79 Å². The van der Waals surface area contributed by atoms with E-state index < -0.39 is 12.1 Å². The van der Waals surface area contributed by atoms with Crippen LogP contribution in [-0.4, -0.2) is 93.4 Å². The topological polar surface area (TPSA) is 77.8 Å².